The molecule has 0 aromatic carbocycles. The number of imidazole rings is 1. The van der Waals surface area contributed by atoms with Crippen molar-refractivity contribution in [3.63, 3.8) is 0 Å². The fourth-order valence-electron chi connectivity index (χ4n) is 0.717. The lowest BCUT2D eigenvalue weighted by Gasteiger charge is -2.29. The summed E-state index contributed by atoms with van der Waals surface area (Å²) < 4.78 is 22.6. The van der Waals surface area contributed by atoms with Gasteiger partial charge in [0.2, 0.25) is 5.16 Å². The number of aryl methyl sites for hydroxylation is 1. The first kappa shape index (κ1) is 12.4. The van der Waals surface area contributed by atoms with Crippen LogP contribution in [0, 0.1) is 0 Å². The quantitative estimate of drug-likeness (QED) is 0.690. The van der Waals surface area contributed by atoms with Crippen molar-refractivity contribution in [2.45, 2.75) is 19.0 Å². The lowest BCUT2D eigenvalue weighted by molar-refractivity contribution is 0.460. The molecule has 0 aliphatic heterocycles. The van der Waals surface area contributed by atoms with E-state index in [1.165, 1.54) is 13.2 Å². The number of aromatic nitrogens is 2. The van der Waals surface area contributed by atoms with Crippen LogP contribution in [0.4, 0.5) is 0 Å². The summed E-state index contributed by atoms with van der Waals surface area (Å²) in [5.41, 5.74) is 0. The van der Waals surface area contributed by atoms with E-state index in [2.05, 4.69) is 9.71 Å². The summed E-state index contributed by atoms with van der Waals surface area (Å²) in [6.45, 7) is 4.00. The van der Waals surface area contributed by atoms with Gasteiger partial charge in [-0.2, -0.15) is 0 Å². The molecule has 78 valence electrons. The van der Waals surface area contributed by atoms with E-state index in [4.69, 9.17) is 0 Å². The number of nitrogens with one attached hydrogen (secondary N) is 1. The lowest BCUT2D eigenvalue weighted by atomic mass is 10.9. The minimum atomic E-state index is -2.88. The third kappa shape index (κ3) is 3.00. The van der Waals surface area contributed by atoms with Gasteiger partial charge in [-0.15, -0.1) is 0 Å². The van der Waals surface area contributed by atoms with Gasteiger partial charge >= 0.3 is 0 Å². The van der Waals surface area contributed by atoms with Crippen molar-refractivity contribution in [3.05, 3.63) is 12.4 Å². The minimum Gasteiger partial charge on any atom is -0.320 e. The molecule has 0 radical (unpaired) electrons. The molecule has 3 N–H and O–H groups in total. The lowest BCUT2D eigenvalue weighted by Crippen LogP contribution is -2.18. The van der Waals surface area contributed by atoms with Gasteiger partial charge in [0.15, 0.2) is 0 Å². The summed E-state index contributed by atoms with van der Waals surface area (Å²) in [6, 6.07) is 0. The molecule has 0 aliphatic carbocycles. The van der Waals surface area contributed by atoms with Gasteiger partial charge in [0.25, 0.3) is 0 Å². The van der Waals surface area contributed by atoms with Crippen molar-refractivity contribution < 1.29 is 9.11 Å². The van der Waals surface area contributed by atoms with Crippen LogP contribution in [0.15, 0.2) is 17.6 Å². The summed E-state index contributed by atoms with van der Waals surface area (Å²) in [7, 11) is 0.295. The number of nitrogens with zero attached hydrogens (tertiary/aromatic N) is 2. The Hall–Kier alpha value is -0.560. The zero-order chi connectivity index (χ0) is 10.5. The summed E-state index contributed by atoms with van der Waals surface area (Å²) in [5, 5.41) is 0.250. The molecular weight excluding hydrogens is 190 g/mol. The molecule has 1 aromatic rings. The van der Waals surface area contributed by atoms with Crippen LogP contribution < -0.4 is 4.72 Å². The molecule has 0 aliphatic rings. The van der Waals surface area contributed by atoms with Crippen LogP contribution in [0.1, 0.15) is 13.8 Å². The largest absolute Gasteiger partial charge is 0.320 e. The van der Waals surface area contributed by atoms with Crippen molar-refractivity contribution in [2.75, 3.05) is 7.05 Å². The smallest absolute Gasteiger partial charge is 0.237 e. The average Bonchev–Trinajstić information content (AvgIpc) is 2.55. The Morgan fingerprint density at radius 3 is 2.31 bits per heavy atom. The molecule has 0 saturated heterocycles. The Balaban J connectivity index is 0.000000671. The monoisotopic (exact) mass is 207 g/mol. The van der Waals surface area contributed by atoms with E-state index >= 15 is 0 Å². The predicted molar refractivity (Wildman–Crippen MR) is 54.7 cm³/mol. The van der Waals surface area contributed by atoms with Crippen molar-refractivity contribution in [3.8, 4) is 0 Å². The first-order chi connectivity index (χ1) is 6.08. The molecule has 13 heavy (non-hydrogen) atoms. The standard InChI is InChI=1S/C5H11N3O2S.C2H6/c1-6-11(9,10)5-7-3-4-8(5)2;1-2/h3-4,6,9-10H,1-2H3;1-2H3. The van der Waals surface area contributed by atoms with E-state index in [0.29, 0.717) is 0 Å². The topological polar surface area (TPSA) is 70.3 Å². The molecule has 0 saturated carbocycles. The second-order valence-electron chi connectivity index (χ2n) is 2.07. The average molecular weight is 207 g/mol. The van der Waals surface area contributed by atoms with Crippen LogP contribution in [-0.4, -0.2) is 25.7 Å². The van der Waals surface area contributed by atoms with Gasteiger partial charge in [-0.1, -0.05) is 24.6 Å². The maximum atomic E-state index is 9.31. The minimum absolute atomic E-state index is 0.250. The third-order valence-corrected chi connectivity index (χ3v) is 2.79. The van der Waals surface area contributed by atoms with Crippen molar-refractivity contribution in [1.29, 1.82) is 0 Å². The van der Waals surface area contributed by atoms with Crippen molar-refractivity contribution >= 4 is 10.8 Å². The van der Waals surface area contributed by atoms with E-state index in [9.17, 15) is 9.11 Å². The third-order valence-electron chi connectivity index (χ3n) is 1.32. The highest BCUT2D eigenvalue weighted by molar-refractivity contribution is 8.22. The zero-order valence-electron chi connectivity index (χ0n) is 8.35. The molecule has 1 aromatic heterocycles. The normalized spacial score (nSPS) is 11.8. The van der Waals surface area contributed by atoms with E-state index in [-0.39, 0.29) is 5.16 Å². The van der Waals surface area contributed by atoms with Crippen LogP contribution >= 0.6 is 10.8 Å². The SMILES string of the molecule is CC.CNS(O)(O)c1nccn1C. The summed E-state index contributed by atoms with van der Waals surface area (Å²) in [5.74, 6) is 0. The van der Waals surface area contributed by atoms with Crippen LogP contribution in [0.5, 0.6) is 0 Å². The molecule has 6 heteroatoms. The Bertz CT molecular complexity index is 250. The molecular formula is C7H17N3O2S. The van der Waals surface area contributed by atoms with E-state index in [1.807, 2.05) is 13.8 Å². The summed E-state index contributed by atoms with van der Waals surface area (Å²) in [6.07, 6.45) is 3.17. The fourth-order valence-corrected chi connectivity index (χ4v) is 1.57. The Labute approximate surface area is 80.3 Å². The highest BCUT2D eigenvalue weighted by Crippen LogP contribution is 2.40. The van der Waals surface area contributed by atoms with Gasteiger partial charge < -0.3 is 4.57 Å². The molecule has 0 unspecified atom stereocenters. The van der Waals surface area contributed by atoms with Crippen LogP contribution in [-0.2, 0) is 7.05 Å². The molecule has 0 spiro atoms. The molecule has 1 rings (SSSR count). The highest BCUT2D eigenvalue weighted by Gasteiger charge is 2.16. The Kier molecular flexibility index (Phi) is 5.01. The van der Waals surface area contributed by atoms with E-state index in [1.54, 1.807) is 17.8 Å². The summed E-state index contributed by atoms with van der Waals surface area (Å²) >= 11 is 0. The first-order valence-electron chi connectivity index (χ1n) is 4.02. The van der Waals surface area contributed by atoms with Crippen LogP contribution in [0.2, 0.25) is 0 Å². The van der Waals surface area contributed by atoms with Crippen LogP contribution in [0.3, 0.4) is 0 Å². The maximum absolute atomic E-state index is 9.31. The zero-order valence-corrected chi connectivity index (χ0v) is 9.17. The number of hydrogen-bond acceptors (Lipinski definition) is 4. The van der Waals surface area contributed by atoms with Crippen molar-refractivity contribution in [1.82, 2.24) is 14.3 Å². The molecule has 1 heterocycles. The second kappa shape index (κ2) is 5.23. The van der Waals surface area contributed by atoms with Gasteiger partial charge in [-0.05, 0) is 0 Å². The molecule has 0 atom stereocenters. The van der Waals surface area contributed by atoms with Gasteiger partial charge in [0.1, 0.15) is 0 Å². The maximum Gasteiger partial charge on any atom is 0.237 e. The van der Waals surface area contributed by atoms with Gasteiger partial charge in [0, 0.05) is 26.5 Å². The van der Waals surface area contributed by atoms with Crippen LogP contribution in [0.25, 0.3) is 0 Å². The highest BCUT2D eigenvalue weighted by atomic mass is 32.3. The first-order valence-corrected chi connectivity index (χ1v) is 5.56. The summed E-state index contributed by atoms with van der Waals surface area (Å²) in [4.78, 5) is 3.80. The molecule has 0 bridgehead atoms. The van der Waals surface area contributed by atoms with Gasteiger partial charge in [0.05, 0.1) is 0 Å². The van der Waals surface area contributed by atoms with Gasteiger partial charge in [-0.3, -0.25) is 9.11 Å². The van der Waals surface area contributed by atoms with E-state index < -0.39 is 10.8 Å². The van der Waals surface area contributed by atoms with Gasteiger partial charge in [-0.25, -0.2) is 9.71 Å². The Morgan fingerprint density at radius 1 is 1.46 bits per heavy atom. The number of hydrogen-bond donors (Lipinski definition) is 3. The van der Waals surface area contributed by atoms with Crippen molar-refractivity contribution in [2.24, 2.45) is 7.05 Å². The second-order valence-corrected chi connectivity index (χ2v) is 3.94. The predicted octanol–water partition coefficient (Wildman–Crippen LogP) is 1.69. The fraction of sp³-hybridized carbons (Fsp3) is 0.571. The molecule has 0 amide bonds. The van der Waals surface area contributed by atoms with E-state index in [0.717, 1.165) is 0 Å². The number of rotatable bonds is 2. The molecule has 5 nitrogen and oxygen atoms in total. The Morgan fingerprint density at radius 2 is 2.00 bits per heavy atom. The molecule has 0 fully saturated rings.